The quantitative estimate of drug-likeness (QED) is 0.160. The summed E-state index contributed by atoms with van der Waals surface area (Å²) in [6.45, 7) is 8.50. The van der Waals surface area contributed by atoms with Crippen molar-refractivity contribution in [3.8, 4) is 11.1 Å². The Morgan fingerprint density at radius 2 is 1.66 bits per heavy atom. The van der Waals surface area contributed by atoms with Crippen molar-refractivity contribution in [2.75, 3.05) is 0 Å². The Balaban J connectivity index is 2.03. The van der Waals surface area contributed by atoms with Gasteiger partial charge in [-0.15, -0.1) is 0 Å². The molecule has 0 saturated heterocycles. The van der Waals surface area contributed by atoms with Crippen molar-refractivity contribution in [3.05, 3.63) is 59.2 Å². The molecule has 0 aromatic heterocycles. The third-order valence-electron chi connectivity index (χ3n) is 6.97. The monoisotopic (exact) mass is 433 g/mol. The minimum atomic E-state index is -0.430. The second-order valence-corrected chi connectivity index (χ2v) is 9.01. The lowest BCUT2D eigenvalue weighted by Crippen LogP contribution is -2.26. The van der Waals surface area contributed by atoms with Gasteiger partial charge in [-0.1, -0.05) is 101 Å². The van der Waals surface area contributed by atoms with E-state index in [1.807, 2.05) is 6.92 Å². The first-order valence-electron chi connectivity index (χ1n) is 11.9. The van der Waals surface area contributed by atoms with Crippen LogP contribution in [0.5, 0.6) is 0 Å². The zero-order chi connectivity index (χ0) is 23.1. The number of carbonyl (C=O) groups excluding carboxylic acids is 2. The number of oxime groups is 1. The SMILES string of the molecule is CCCCC1(CCCC)c2ccccc2-c2ccc(C(C)C(=O)C(C)/C=N/OC=O)cc21. The second kappa shape index (κ2) is 10.7. The Bertz CT molecular complexity index is 970. The van der Waals surface area contributed by atoms with E-state index in [2.05, 4.69) is 66.3 Å². The first-order valence-corrected chi connectivity index (χ1v) is 11.9. The van der Waals surface area contributed by atoms with Crippen molar-refractivity contribution >= 4 is 18.5 Å². The molecule has 2 atom stereocenters. The molecule has 0 saturated carbocycles. The van der Waals surface area contributed by atoms with Gasteiger partial charge in [-0.3, -0.25) is 9.59 Å². The van der Waals surface area contributed by atoms with Gasteiger partial charge in [0.15, 0.2) is 0 Å². The van der Waals surface area contributed by atoms with Gasteiger partial charge in [-0.2, -0.15) is 0 Å². The summed E-state index contributed by atoms with van der Waals surface area (Å²) in [6, 6.07) is 15.4. The highest BCUT2D eigenvalue weighted by atomic mass is 16.7. The molecule has 4 nitrogen and oxygen atoms in total. The molecule has 2 aromatic carbocycles. The van der Waals surface area contributed by atoms with Crippen LogP contribution in [0, 0.1) is 5.92 Å². The van der Waals surface area contributed by atoms with E-state index in [0.717, 1.165) is 18.4 Å². The lowest BCUT2D eigenvalue weighted by atomic mass is 9.70. The number of hydrogen-bond acceptors (Lipinski definition) is 4. The van der Waals surface area contributed by atoms with Crippen molar-refractivity contribution in [1.29, 1.82) is 0 Å². The van der Waals surface area contributed by atoms with E-state index in [0.29, 0.717) is 0 Å². The van der Waals surface area contributed by atoms with Crippen molar-refractivity contribution < 1.29 is 14.4 Å². The van der Waals surface area contributed by atoms with E-state index in [1.54, 1.807) is 6.92 Å². The first kappa shape index (κ1) is 23.9. The van der Waals surface area contributed by atoms with Crippen molar-refractivity contribution in [2.24, 2.45) is 11.1 Å². The molecular formula is C28H35NO3. The summed E-state index contributed by atoms with van der Waals surface area (Å²) in [7, 11) is 0. The van der Waals surface area contributed by atoms with Crippen molar-refractivity contribution in [2.45, 2.75) is 77.6 Å². The van der Waals surface area contributed by atoms with Crippen LogP contribution in [0.4, 0.5) is 0 Å². The van der Waals surface area contributed by atoms with Crippen LogP contribution >= 0.6 is 0 Å². The third-order valence-corrected chi connectivity index (χ3v) is 6.97. The fraction of sp³-hybridized carbons (Fsp3) is 0.464. The summed E-state index contributed by atoms with van der Waals surface area (Å²) in [5, 5.41) is 3.55. The van der Waals surface area contributed by atoms with Crippen LogP contribution in [0.2, 0.25) is 0 Å². The van der Waals surface area contributed by atoms with E-state index < -0.39 is 5.92 Å². The molecule has 0 heterocycles. The molecule has 0 N–H and O–H groups in total. The highest BCUT2D eigenvalue weighted by Crippen LogP contribution is 2.54. The number of ketones is 1. The largest absolute Gasteiger partial charge is 0.323 e. The number of hydrogen-bond donors (Lipinski definition) is 0. The summed E-state index contributed by atoms with van der Waals surface area (Å²) >= 11 is 0. The van der Waals surface area contributed by atoms with E-state index in [-0.39, 0.29) is 23.6 Å². The van der Waals surface area contributed by atoms with E-state index in [9.17, 15) is 9.59 Å². The van der Waals surface area contributed by atoms with Crippen LogP contribution in [0.15, 0.2) is 47.6 Å². The topological polar surface area (TPSA) is 55.7 Å². The van der Waals surface area contributed by atoms with E-state index >= 15 is 0 Å². The predicted molar refractivity (Wildman–Crippen MR) is 130 cm³/mol. The van der Waals surface area contributed by atoms with Gasteiger partial charge in [-0.05, 0) is 40.7 Å². The van der Waals surface area contributed by atoms with Crippen LogP contribution in [0.3, 0.4) is 0 Å². The molecule has 0 fully saturated rings. The number of nitrogens with zero attached hydrogens (tertiary/aromatic N) is 1. The summed E-state index contributed by atoms with van der Waals surface area (Å²) in [5.41, 5.74) is 6.53. The first-order chi connectivity index (χ1) is 15.5. The minimum absolute atomic E-state index is 0.0155. The molecule has 3 rings (SSSR count). The van der Waals surface area contributed by atoms with Crippen molar-refractivity contribution in [1.82, 2.24) is 0 Å². The fourth-order valence-corrected chi connectivity index (χ4v) is 5.15. The van der Waals surface area contributed by atoms with Crippen molar-refractivity contribution in [3.63, 3.8) is 0 Å². The van der Waals surface area contributed by atoms with Crippen LogP contribution in [-0.2, 0) is 19.8 Å². The fourth-order valence-electron chi connectivity index (χ4n) is 5.15. The van der Waals surface area contributed by atoms with E-state index in [1.165, 1.54) is 54.2 Å². The molecule has 0 radical (unpaired) electrons. The molecule has 0 aliphatic heterocycles. The summed E-state index contributed by atoms with van der Waals surface area (Å²) < 4.78 is 0. The molecular weight excluding hydrogens is 398 g/mol. The summed E-state index contributed by atoms with van der Waals surface area (Å²) in [4.78, 5) is 27.7. The predicted octanol–water partition coefficient (Wildman–Crippen LogP) is 6.80. The minimum Gasteiger partial charge on any atom is -0.322 e. The molecule has 2 aromatic rings. The maximum absolute atomic E-state index is 13.0. The van der Waals surface area contributed by atoms with Crippen LogP contribution in [0.25, 0.3) is 11.1 Å². The van der Waals surface area contributed by atoms with Gasteiger partial charge in [0.1, 0.15) is 5.78 Å². The zero-order valence-electron chi connectivity index (χ0n) is 19.8. The molecule has 1 aliphatic rings. The lowest BCUT2D eigenvalue weighted by molar-refractivity contribution is -0.129. The second-order valence-electron chi connectivity index (χ2n) is 9.01. The lowest BCUT2D eigenvalue weighted by Gasteiger charge is -2.33. The number of fused-ring (bicyclic) bond motifs is 3. The number of benzene rings is 2. The highest BCUT2D eigenvalue weighted by Gasteiger charge is 2.42. The molecule has 0 bridgehead atoms. The van der Waals surface area contributed by atoms with Crippen LogP contribution in [0.1, 0.15) is 88.8 Å². The number of unbranched alkanes of at least 4 members (excludes halogenated alkanes) is 2. The van der Waals surface area contributed by atoms with Gasteiger partial charge in [-0.25, -0.2) is 0 Å². The summed E-state index contributed by atoms with van der Waals surface area (Å²) in [5.74, 6) is -0.636. The van der Waals surface area contributed by atoms with E-state index in [4.69, 9.17) is 0 Å². The Hall–Kier alpha value is -2.75. The molecule has 2 unspecified atom stereocenters. The van der Waals surface area contributed by atoms with Gasteiger partial charge >= 0.3 is 6.47 Å². The standard InChI is InChI=1S/C28H35NO3/c1-5-7-15-28(16-8-6-2)25-12-10-9-11-23(25)24-14-13-22(17-26(24)28)21(4)27(31)20(3)18-29-32-19-30/h9-14,17-21H,5-8,15-16H2,1-4H3/b29-18+. The molecule has 0 spiro atoms. The maximum Gasteiger partial charge on any atom is 0.323 e. The average molecular weight is 434 g/mol. The van der Waals surface area contributed by atoms with Crippen LogP contribution < -0.4 is 0 Å². The molecule has 170 valence electrons. The Morgan fingerprint density at radius 3 is 2.31 bits per heavy atom. The third kappa shape index (κ3) is 4.55. The highest BCUT2D eigenvalue weighted by molar-refractivity contribution is 5.98. The van der Waals surface area contributed by atoms with Gasteiger partial charge in [0.25, 0.3) is 0 Å². The average Bonchev–Trinajstić information content (AvgIpc) is 3.10. The number of Topliss-reactive ketones (excluding diaryl/α,β-unsaturated/α-hetero) is 1. The Labute approximate surface area is 192 Å². The zero-order valence-corrected chi connectivity index (χ0v) is 19.8. The maximum atomic E-state index is 13.0. The molecule has 32 heavy (non-hydrogen) atoms. The smallest absolute Gasteiger partial charge is 0.322 e. The molecule has 1 aliphatic carbocycles. The van der Waals surface area contributed by atoms with Crippen LogP contribution in [-0.4, -0.2) is 18.5 Å². The van der Waals surface area contributed by atoms with Gasteiger partial charge in [0, 0.05) is 11.3 Å². The normalized spacial score (nSPS) is 15.8. The number of carbonyl (C=O) groups is 2. The van der Waals surface area contributed by atoms with Gasteiger partial charge < -0.3 is 4.84 Å². The Kier molecular flexibility index (Phi) is 8.00. The summed E-state index contributed by atoms with van der Waals surface area (Å²) in [6.07, 6.45) is 8.35. The van der Waals surface area contributed by atoms with Gasteiger partial charge in [0.2, 0.25) is 0 Å². The Morgan fingerprint density at radius 1 is 1.00 bits per heavy atom. The van der Waals surface area contributed by atoms with Gasteiger partial charge in [0.05, 0.1) is 12.1 Å². The molecule has 0 amide bonds. The number of rotatable bonds is 12. The molecule has 4 heteroatoms.